The summed E-state index contributed by atoms with van der Waals surface area (Å²) in [5.41, 5.74) is 5.40. The Morgan fingerprint density at radius 2 is 1.81 bits per heavy atom. The summed E-state index contributed by atoms with van der Waals surface area (Å²) in [4.78, 5) is 18.2. The van der Waals surface area contributed by atoms with Crippen molar-refractivity contribution in [2.24, 2.45) is 0 Å². The molecule has 1 aromatic heterocycles. The molecule has 4 aromatic rings. The maximum Gasteiger partial charge on any atom is 0.322 e. The lowest BCUT2D eigenvalue weighted by molar-refractivity contribution is 0.218. The molecule has 0 bridgehead atoms. The second-order valence-corrected chi connectivity index (χ2v) is 7.67. The average Bonchev–Trinajstić information content (AvgIpc) is 3.20. The Morgan fingerprint density at radius 1 is 1.00 bits per heavy atom. The molecule has 4 nitrogen and oxygen atoms in total. The Bertz CT molecular complexity index is 1180. The van der Waals surface area contributed by atoms with E-state index >= 15 is 0 Å². The summed E-state index contributed by atoms with van der Waals surface area (Å²) in [5, 5.41) is 4.25. The van der Waals surface area contributed by atoms with Crippen LogP contribution in [0.2, 0.25) is 0 Å². The van der Waals surface area contributed by atoms with Gasteiger partial charge < -0.3 is 15.2 Å². The predicted octanol–water partition coefficient (Wildman–Crippen LogP) is 6.27. The van der Waals surface area contributed by atoms with Gasteiger partial charge >= 0.3 is 6.03 Å². The molecule has 0 radical (unpaired) electrons. The Morgan fingerprint density at radius 3 is 2.65 bits per heavy atom. The molecule has 156 valence electrons. The fourth-order valence-electron chi connectivity index (χ4n) is 3.68. The van der Waals surface area contributed by atoms with Crippen molar-refractivity contribution in [3.05, 3.63) is 108 Å². The number of carbonyl (C=O) groups excluding carboxylic acids is 1. The number of carbonyl (C=O) groups is 1. The van der Waals surface area contributed by atoms with Crippen LogP contribution in [0.25, 0.3) is 17.0 Å². The number of aromatic amines is 1. The van der Waals surface area contributed by atoms with E-state index in [0.29, 0.717) is 13.1 Å². The number of anilines is 1. The maximum absolute atomic E-state index is 13.1. The van der Waals surface area contributed by atoms with Gasteiger partial charge in [-0.1, -0.05) is 72.8 Å². The normalized spacial score (nSPS) is 11.1. The molecule has 3 aromatic carbocycles. The van der Waals surface area contributed by atoms with Crippen molar-refractivity contribution in [1.82, 2.24) is 9.88 Å². The van der Waals surface area contributed by atoms with E-state index in [1.54, 1.807) is 0 Å². The lowest BCUT2D eigenvalue weighted by Gasteiger charge is -2.22. The largest absolute Gasteiger partial charge is 0.361 e. The lowest BCUT2D eigenvalue weighted by atomic mass is 10.1. The van der Waals surface area contributed by atoms with Crippen molar-refractivity contribution >= 4 is 28.7 Å². The number of fused-ring (bicyclic) bond motifs is 1. The first-order valence-electron chi connectivity index (χ1n) is 10.6. The highest BCUT2D eigenvalue weighted by molar-refractivity contribution is 5.89. The third-order valence-electron chi connectivity index (χ3n) is 5.32. The maximum atomic E-state index is 13.1. The van der Waals surface area contributed by atoms with Gasteiger partial charge in [-0.15, -0.1) is 0 Å². The number of nitrogens with zero attached hydrogens (tertiary/aromatic N) is 1. The van der Waals surface area contributed by atoms with Gasteiger partial charge in [0.15, 0.2) is 0 Å². The van der Waals surface area contributed by atoms with Crippen molar-refractivity contribution in [2.45, 2.75) is 13.3 Å². The number of amides is 2. The Labute approximate surface area is 183 Å². The highest BCUT2D eigenvalue weighted by Gasteiger charge is 2.14. The summed E-state index contributed by atoms with van der Waals surface area (Å²) in [6.07, 6.45) is 6.92. The number of benzene rings is 3. The molecule has 2 N–H and O–H groups in total. The van der Waals surface area contributed by atoms with Crippen LogP contribution < -0.4 is 5.32 Å². The van der Waals surface area contributed by atoms with E-state index in [1.165, 1.54) is 10.9 Å². The molecule has 0 fully saturated rings. The van der Waals surface area contributed by atoms with Crippen molar-refractivity contribution in [2.75, 3.05) is 18.4 Å². The van der Waals surface area contributed by atoms with Crippen LogP contribution in [0, 0.1) is 6.92 Å². The second kappa shape index (κ2) is 9.81. The SMILES string of the molecule is Cc1cccc(NC(=O)N(CC=Cc2ccccc2)CCc2c[nH]c3ccccc23)c1. The van der Waals surface area contributed by atoms with Gasteiger partial charge in [0.2, 0.25) is 0 Å². The van der Waals surface area contributed by atoms with Gasteiger partial charge in [0.1, 0.15) is 0 Å². The molecule has 4 heteroatoms. The third kappa shape index (κ3) is 5.43. The summed E-state index contributed by atoms with van der Waals surface area (Å²) in [6.45, 7) is 3.18. The molecule has 0 aliphatic heterocycles. The lowest BCUT2D eigenvalue weighted by Crippen LogP contribution is -2.36. The van der Waals surface area contributed by atoms with Crippen LogP contribution in [0.3, 0.4) is 0 Å². The van der Waals surface area contributed by atoms with E-state index < -0.39 is 0 Å². The zero-order valence-electron chi connectivity index (χ0n) is 17.7. The van der Waals surface area contributed by atoms with E-state index in [-0.39, 0.29) is 6.03 Å². The van der Waals surface area contributed by atoms with E-state index in [1.807, 2.05) is 78.7 Å². The van der Waals surface area contributed by atoms with Crippen LogP contribution in [0.5, 0.6) is 0 Å². The molecule has 0 aliphatic rings. The quantitative estimate of drug-likeness (QED) is 0.371. The molecule has 0 saturated carbocycles. The number of nitrogens with one attached hydrogen (secondary N) is 2. The zero-order valence-corrected chi connectivity index (χ0v) is 17.7. The van der Waals surface area contributed by atoms with Crippen LogP contribution in [0.15, 0.2) is 91.1 Å². The van der Waals surface area contributed by atoms with Crippen LogP contribution in [0.4, 0.5) is 10.5 Å². The van der Waals surface area contributed by atoms with Crippen LogP contribution in [0.1, 0.15) is 16.7 Å². The number of aryl methyl sites for hydroxylation is 1. The van der Waals surface area contributed by atoms with Crippen LogP contribution in [-0.2, 0) is 6.42 Å². The summed E-state index contributed by atoms with van der Waals surface area (Å²) in [6, 6.07) is 26.2. The van der Waals surface area contributed by atoms with E-state index in [2.05, 4.69) is 40.6 Å². The summed E-state index contributed by atoms with van der Waals surface area (Å²) < 4.78 is 0. The fourth-order valence-corrected chi connectivity index (χ4v) is 3.68. The first kappa shape index (κ1) is 20.5. The summed E-state index contributed by atoms with van der Waals surface area (Å²) in [5.74, 6) is 0. The highest BCUT2D eigenvalue weighted by Crippen LogP contribution is 2.19. The molecule has 4 rings (SSSR count). The number of urea groups is 1. The van der Waals surface area contributed by atoms with Crippen molar-refractivity contribution in [1.29, 1.82) is 0 Å². The molecular formula is C27H27N3O. The molecule has 0 saturated heterocycles. The van der Waals surface area contributed by atoms with Gasteiger partial charge in [-0.05, 0) is 48.2 Å². The number of H-pyrrole nitrogens is 1. The van der Waals surface area contributed by atoms with Crippen LogP contribution in [-0.4, -0.2) is 29.0 Å². The highest BCUT2D eigenvalue weighted by atomic mass is 16.2. The van der Waals surface area contributed by atoms with Crippen LogP contribution >= 0.6 is 0 Å². The Balaban J connectivity index is 1.48. The molecule has 0 atom stereocenters. The molecule has 1 heterocycles. The number of para-hydroxylation sites is 1. The minimum absolute atomic E-state index is 0.0943. The van der Waals surface area contributed by atoms with E-state index in [9.17, 15) is 4.79 Å². The first-order chi connectivity index (χ1) is 15.2. The zero-order chi connectivity index (χ0) is 21.5. The Kier molecular flexibility index (Phi) is 6.48. The molecule has 31 heavy (non-hydrogen) atoms. The smallest absolute Gasteiger partial charge is 0.322 e. The monoisotopic (exact) mass is 409 g/mol. The first-order valence-corrected chi connectivity index (χ1v) is 10.6. The number of hydrogen-bond donors (Lipinski definition) is 2. The van der Waals surface area contributed by atoms with Gasteiger partial charge in [-0.2, -0.15) is 0 Å². The van der Waals surface area contributed by atoms with Gasteiger partial charge in [0.05, 0.1) is 0 Å². The second-order valence-electron chi connectivity index (χ2n) is 7.67. The molecule has 0 aliphatic carbocycles. The van der Waals surface area contributed by atoms with Crippen molar-refractivity contribution in [3.8, 4) is 0 Å². The van der Waals surface area contributed by atoms with Crippen molar-refractivity contribution in [3.63, 3.8) is 0 Å². The van der Waals surface area contributed by atoms with E-state index in [4.69, 9.17) is 0 Å². The fraction of sp³-hybridized carbons (Fsp3) is 0.148. The summed E-state index contributed by atoms with van der Waals surface area (Å²) >= 11 is 0. The molecular weight excluding hydrogens is 382 g/mol. The minimum atomic E-state index is -0.0943. The third-order valence-corrected chi connectivity index (χ3v) is 5.32. The molecule has 0 unspecified atom stereocenters. The molecule has 2 amide bonds. The van der Waals surface area contributed by atoms with Gasteiger partial charge in [-0.25, -0.2) is 4.79 Å². The minimum Gasteiger partial charge on any atom is -0.361 e. The topological polar surface area (TPSA) is 48.1 Å². The van der Waals surface area contributed by atoms with E-state index in [0.717, 1.165) is 28.8 Å². The van der Waals surface area contributed by atoms with Gasteiger partial charge in [0, 0.05) is 35.9 Å². The standard InChI is InChI=1S/C27H27N3O/c1-21-9-7-13-24(19-21)29-27(31)30(17-8-12-22-10-3-2-4-11-22)18-16-23-20-28-26-15-6-5-14-25(23)26/h2-15,19-20,28H,16-18H2,1H3,(H,29,31). The number of aromatic nitrogens is 1. The predicted molar refractivity (Wildman–Crippen MR) is 129 cm³/mol. The molecule has 0 spiro atoms. The van der Waals surface area contributed by atoms with Crippen molar-refractivity contribution < 1.29 is 4.79 Å². The average molecular weight is 410 g/mol. The number of hydrogen-bond acceptors (Lipinski definition) is 1. The summed E-state index contributed by atoms with van der Waals surface area (Å²) in [7, 11) is 0. The van der Waals surface area contributed by atoms with Gasteiger partial charge in [-0.3, -0.25) is 0 Å². The van der Waals surface area contributed by atoms with Gasteiger partial charge in [0.25, 0.3) is 0 Å². The Hall–Kier alpha value is -3.79. The number of rotatable bonds is 7.